The van der Waals surface area contributed by atoms with Gasteiger partial charge in [0.05, 0.1) is 0 Å². The largest absolute Gasteiger partial charge is 0.246 e. The molecular weight excluding hydrogens is 303 g/mol. The Kier molecular flexibility index (Phi) is 6.09. The van der Waals surface area contributed by atoms with Gasteiger partial charge in [0.25, 0.3) is 0 Å². The minimum atomic E-state index is -4.33. The smallest absolute Gasteiger partial charge is 0.211 e. The van der Waals surface area contributed by atoms with E-state index in [0.29, 0.717) is 30.9 Å². The molecule has 0 heterocycles. The van der Waals surface area contributed by atoms with Gasteiger partial charge in [0.1, 0.15) is 17.5 Å². The Labute approximate surface area is 114 Å². The predicted octanol–water partition coefficient (Wildman–Crippen LogP) is 2.79. The topological polar surface area (TPSA) is 46.2 Å². The lowest BCUT2D eigenvalue weighted by Gasteiger charge is -2.08. The van der Waals surface area contributed by atoms with Crippen molar-refractivity contribution in [3.8, 4) is 0 Å². The van der Waals surface area contributed by atoms with Gasteiger partial charge < -0.3 is 0 Å². The minimum absolute atomic E-state index is 0.0372. The van der Waals surface area contributed by atoms with Gasteiger partial charge in [0.15, 0.2) is 4.90 Å². The van der Waals surface area contributed by atoms with Gasteiger partial charge in [-0.1, -0.05) is 6.42 Å². The predicted molar refractivity (Wildman–Crippen MR) is 66.1 cm³/mol. The highest BCUT2D eigenvalue weighted by Crippen LogP contribution is 2.19. The van der Waals surface area contributed by atoms with Crippen molar-refractivity contribution < 1.29 is 21.6 Å². The molecule has 0 saturated carbocycles. The van der Waals surface area contributed by atoms with Crippen LogP contribution in [0.2, 0.25) is 0 Å². The van der Waals surface area contributed by atoms with Crippen LogP contribution in [0.4, 0.5) is 13.2 Å². The molecule has 0 saturated heterocycles. The van der Waals surface area contributed by atoms with Crippen LogP contribution < -0.4 is 4.72 Å². The van der Waals surface area contributed by atoms with Crippen LogP contribution in [-0.4, -0.2) is 20.8 Å². The van der Waals surface area contributed by atoms with Crippen LogP contribution in [0.5, 0.6) is 0 Å². The molecule has 0 aliphatic carbocycles. The molecule has 0 aliphatic rings. The van der Waals surface area contributed by atoms with Crippen LogP contribution in [0.25, 0.3) is 0 Å². The van der Waals surface area contributed by atoms with E-state index in [9.17, 15) is 21.6 Å². The first-order chi connectivity index (χ1) is 8.88. The molecule has 19 heavy (non-hydrogen) atoms. The fraction of sp³-hybridized carbons (Fsp3) is 0.455. The van der Waals surface area contributed by atoms with Crippen LogP contribution >= 0.6 is 11.6 Å². The molecule has 0 spiro atoms. The summed E-state index contributed by atoms with van der Waals surface area (Å²) in [7, 11) is -4.33. The molecule has 108 valence electrons. The van der Waals surface area contributed by atoms with Gasteiger partial charge >= 0.3 is 0 Å². The molecule has 0 fully saturated rings. The fourth-order valence-corrected chi connectivity index (χ4v) is 2.84. The highest BCUT2D eigenvalue weighted by atomic mass is 35.5. The van der Waals surface area contributed by atoms with Crippen molar-refractivity contribution in [2.45, 2.75) is 24.2 Å². The number of halogens is 4. The standard InChI is InChI=1S/C11H13ClF3NO2S/c12-4-2-1-3-5-16-19(17,18)11-9(14)6-8(13)7-10(11)15/h6-7,16H,1-5H2. The first-order valence-electron chi connectivity index (χ1n) is 5.58. The Morgan fingerprint density at radius 2 is 1.63 bits per heavy atom. The molecule has 0 radical (unpaired) electrons. The number of unbranched alkanes of at least 4 members (excludes halogenated alkanes) is 2. The van der Waals surface area contributed by atoms with E-state index in [2.05, 4.69) is 4.72 Å². The van der Waals surface area contributed by atoms with Crippen molar-refractivity contribution in [1.29, 1.82) is 0 Å². The third-order valence-corrected chi connectivity index (χ3v) is 4.11. The van der Waals surface area contributed by atoms with E-state index in [1.807, 2.05) is 0 Å². The molecule has 0 unspecified atom stereocenters. The van der Waals surface area contributed by atoms with Gasteiger partial charge in [0.2, 0.25) is 10.0 Å². The van der Waals surface area contributed by atoms with E-state index >= 15 is 0 Å². The molecule has 3 nitrogen and oxygen atoms in total. The maximum atomic E-state index is 13.3. The number of hydrogen-bond donors (Lipinski definition) is 1. The summed E-state index contributed by atoms with van der Waals surface area (Å²) in [6, 6.07) is 0.649. The molecule has 1 aromatic carbocycles. The van der Waals surface area contributed by atoms with E-state index in [1.165, 1.54) is 0 Å². The monoisotopic (exact) mass is 315 g/mol. The van der Waals surface area contributed by atoms with Crippen LogP contribution in [0.3, 0.4) is 0 Å². The highest BCUT2D eigenvalue weighted by molar-refractivity contribution is 7.89. The maximum Gasteiger partial charge on any atom is 0.246 e. The Morgan fingerprint density at radius 1 is 1.05 bits per heavy atom. The van der Waals surface area contributed by atoms with Gasteiger partial charge in [-0.2, -0.15) is 0 Å². The number of sulfonamides is 1. The third-order valence-electron chi connectivity index (χ3n) is 2.33. The zero-order chi connectivity index (χ0) is 14.5. The second-order valence-electron chi connectivity index (χ2n) is 3.85. The van der Waals surface area contributed by atoms with Crippen LogP contribution in [-0.2, 0) is 10.0 Å². The summed E-state index contributed by atoms with van der Waals surface area (Å²) in [5.74, 6) is -3.61. The van der Waals surface area contributed by atoms with Crippen molar-refractivity contribution in [3.63, 3.8) is 0 Å². The molecule has 0 bridgehead atoms. The van der Waals surface area contributed by atoms with E-state index in [1.54, 1.807) is 0 Å². The lowest BCUT2D eigenvalue weighted by Crippen LogP contribution is -2.26. The first kappa shape index (κ1) is 16.3. The Hall–Kier alpha value is -0.790. The van der Waals surface area contributed by atoms with Gasteiger partial charge in [-0.05, 0) is 12.8 Å². The van der Waals surface area contributed by atoms with E-state index in [-0.39, 0.29) is 6.54 Å². The van der Waals surface area contributed by atoms with Crippen LogP contribution in [0.15, 0.2) is 17.0 Å². The molecular formula is C11H13ClF3NO2S. The molecule has 0 aromatic heterocycles. The summed E-state index contributed by atoms with van der Waals surface area (Å²) in [4.78, 5) is -1.16. The van der Waals surface area contributed by atoms with Crippen molar-refractivity contribution in [1.82, 2.24) is 4.72 Å². The van der Waals surface area contributed by atoms with E-state index in [0.717, 1.165) is 6.42 Å². The fourth-order valence-electron chi connectivity index (χ4n) is 1.46. The Bertz CT molecular complexity index is 514. The second kappa shape index (κ2) is 7.12. The molecule has 0 amide bonds. The highest BCUT2D eigenvalue weighted by Gasteiger charge is 2.24. The Balaban J connectivity index is 2.78. The zero-order valence-corrected chi connectivity index (χ0v) is 11.5. The van der Waals surface area contributed by atoms with Crippen molar-refractivity contribution >= 4 is 21.6 Å². The van der Waals surface area contributed by atoms with Gasteiger partial charge in [-0.25, -0.2) is 26.3 Å². The third kappa shape index (κ3) is 4.67. The summed E-state index contributed by atoms with van der Waals surface area (Å²) >= 11 is 5.45. The average Bonchev–Trinajstić information content (AvgIpc) is 2.26. The summed E-state index contributed by atoms with van der Waals surface area (Å²) in [6.07, 6.45) is 1.92. The zero-order valence-electron chi connectivity index (χ0n) is 9.93. The van der Waals surface area contributed by atoms with Crippen molar-refractivity contribution in [2.24, 2.45) is 0 Å². The quantitative estimate of drug-likeness (QED) is 0.621. The molecule has 1 aromatic rings. The summed E-state index contributed by atoms with van der Waals surface area (Å²) in [6.45, 7) is 0.0372. The van der Waals surface area contributed by atoms with Gasteiger partial charge in [-0.15, -0.1) is 11.6 Å². The average molecular weight is 316 g/mol. The lowest BCUT2D eigenvalue weighted by atomic mass is 10.2. The second-order valence-corrected chi connectivity index (χ2v) is 5.93. The first-order valence-corrected chi connectivity index (χ1v) is 7.60. The summed E-state index contributed by atoms with van der Waals surface area (Å²) in [5.41, 5.74) is 0. The lowest BCUT2D eigenvalue weighted by molar-refractivity contribution is 0.493. The molecule has 1 rings (SSSR count). The normalized spacial score (nSPS) is 11.8. The molecule has 8 heteroatoms. The number of hydrogen-bond acceptors (Lipinski definition) is 2. The molecule has 1 N–H and O–H groups in total. The number of benzene rings is 1. The van der Waals surface area contributed by atoms with Gasteiger partial charge in [0, 0.05) is 24.6 Å². The molecule has 0 atom stereocenters. The number of rotatable bonds is 7. The van der Waals surface area contributed by atoms with Crippen LogP contribution in [0, 0.1) is 17.5 Å². The van der Waals surface area contributed by atoms with Crippen molar-refractivity contribution in [3.05, 3.63) is 29.6 Å². The number of alkyl halides is 1. The van der Waals surface area contributed by atoms with E-state index < -0.39 is 32.4 Å². The maximum absolute atomic E-state index is 13.3. The molecule has 0 aliphatic heterocycles. The Morgan fingerprint density at radius 3 is 2.16 bits per heavy atom. The SMILES string of the molecule is O=S(=O)(NCCCCCCl)c1c(F)cc(F)cc1F. The number of nitrogens with one attached hydrogen (secondary N) is 1. The summed E-state index contributed by atoms with van der Waals surface area (Å²) < 4.78 is 64.7. The van der Waals surface area contributed by atoms with Gasteiger partial charge in [-0.3, -0.25) is 0 Å². The van der Waals surface area contributed by atoms with Crippen molar-refractivity contribution in [2.75, 3.05) is 12.4 Å². The summed E-state index contributed by atoms with van der Waals surface area (Å²) in [5, 5.41) is 0. The van der Waals surface area contributed by atoms with Crippen LogP contribution in [0.1, 0.15) is 19.3 Å². The minimum Gasteiger partial charge on any atom is -0.211 e. The van der Waals surface area contributed by atoms with E-state index in [4.69, 9.17) is 11.6 Å².